The van der Waals surface area contributed by atoms with Crippen molar-refractivity contribution >= 4 is 5.71 Å². The lowest BCUT2D eigenvalue weighted by molar-refractivity contribution is 0.284. The lowest BCUT2D eigenvalue weighted by Gasteiger charge is -2.12. The van der Waals surface area contributed by atoms with Crippen LogP contribution in [0.2, 0.25) is 0 Å². The van der Waals surface area contributed by atoms with Crippen LogP contribution in [0.5, 0.6) is 11.5 Å². The zero-order valence-corrected chi connectivity index (χ0v) is 11.8. The van der Waals surface area contributed by atoms with Gasteiger partial charge in [-0.2, -0.15) is 0 Å². The van der Waals surface area contributed by atoms with Crippen LogP contribution in [0.4, 0.5) is 4.39 Å². The van der Waals surface area contributed by atoms with Crippen LogP contribution < -0.4 is 9.47 Å². The molecule has 2 aromatic rings. The van der Waals surface area contributed by atoms with Gasteiger partial charge in [0.2, 0.25) is 0 Å². The van der Waals surface area contributed by atoms with E-state index in [4.69, 9.17) is 14.7 Å². The molecule has 1 N–H and O–H groups in total. The molecular weight excluding hydrogens is 273 g/mol. The molecule has 0 unspecified atom stereocenters. The third-order valence-corrected chi connectivity index (χ3v) is 3.01. The van der Waals surface area contributed by atoms with Crippen molar-refractivity contribution in [3.63, 3.8) is 0 Å². The van der Waals surface area contributed by atoms with Crippen LogP contribution in [0, 0.1) is 5.82 Å². The van der Waals surface area contributed by atoms with Crippen LogP contribution in [-0.4, -0.2) is 18.0 Å². The monoisotopic (exact) mass is 289 g/mol. The Kier molecular flexibility index (Phi) is 4.77. The topological polar surface area (TPSA) is 51.0 Å². The highest BCUT2D eigenvalue weighted by atomic mass is 19.1. The van der Waals surface area contributed by atoms with Gasteiger partial charge in [0.25, 0.3) is 0 Å². The minimum atomic E-state index is -0.298. The molecular formula is C16H16FNO3. The first-order chi connectivity index (χ1) is 10.1. The van der Waals surface area contributed by atoms with Crippen molar-refractivity contribution in [2.24, 2.45) is 5.16 Å². The van der Waals surface area contributed by atoms with E-state index in [1.54, 1.807) is 37.3 Å². The van der Waals surface area contributed by atoms with Gasteiger partial charge >= 0.3 is 0 Å². The highest BCUT2D eigenvalue weighted by Gasteiger charge is 2.08. The number of hydrogen-bond donors (Lipinski definition) is 1. The van der Waals surface area contributed by atoms with Crippen LogP contribution in [-0.2, 0) is 6.61 Å². The summed E-state index contributed by atoms with van der Waals surface area (Å²) in [5, 5.41) is 11.9. The van der Waals surface area contributed by atoms with Crippen LogP contribution in [0.15, 0.2) is 47.6 Å². The van der Waals surface area contributed by atoms with E-state index in [1.165, 1.54) is 19.2 Å². The fourth-order valence-electron chi connectivity index (χ4n) is 1.86. The van der Waals surface area contributed by atoms with Crippen molar-refractivity contribution in [1.29, 1.82) is 0 Å². The SMILES string of the molecule is COc1cc(/C(C)=N/O)ccc1OCc1cccc(F)c1. The summed E-state index contributed by atoms with van der Waals surface area (Å²) < 4.78 is 24.0. The summed E-state index contributed by atoms with van der Waals surface area (Å²) in [6, 6.07) is 11.4. The van der Waals surface area contributed by atoms with Crippen molar-refractivity contribution in [1.82, 2.24) is 0 Å². The van der Waals surface area contributed by atoms with Gasteiger partial charge in [-0.1, -0.05) is 17.3 Å². The highest BCUT2D eigenvalue weighted by molar-refractivity contribution is 5.98. The fourth-order valence-corrected chi connectivity index (χ4v) is 1.86. The Morgan fingerprint density at radius 3 is 2.67 bits per heavy atom. The lowest BCUT2D eigenvalue weighted by atomic mass is 10.1. The largest absolute Gasteiger partial charge is 0.493 e. The average Bonchev–Trinajstić information content (AvgIpc) is 2.52. The maximum atomic E-state index is 13.1. The first-order valence-corrected chi connectivity index (χ1v) is 6.38. The number of nitrogens with zero attached hydrogens (tertiary/aromatic N) is 1. The van der Waals surface area contributed by atoms with Gasteiger partial charge in [-0.25, -0.2) is 4.39 Å². The minimum absolute atomic E-state index is 0.237. The molecule has 0 amide bonds. The van der Waals surface area contributed by atoms with Crippen LogP contribution >= 0.6 is 0 Å². The number of benzene rings is 2. The summed E-state index contributed by atoms with van der Waals surface area (Å²) in [5.74, 6) is 0.761. The molecule has 0 spiro atoms. The van der Waals surface area contributed by atoms with Crippen molar-refractivity contribution in [2.45, 2.75) is 13.5 Å². The Bertz CT molecular complexity index is 656. The molecule has 0 saturated carbocycles. The summed E-state index contributed by atoms with van der Waals surface area (Å²) in [6.07, 6.45) is 0. The van der Waals surface area contributed by atoms with Gasteiger partial charge in [0.05, 0.1) is 12.8 Å². The number of oxime groups is 1. The maximum absolute atomic E-state index is 13.1. The standard InChI is InChI=1S/C16H16FNO3/c1-11(18-19)13-6-7-15(16(9-13)20-2)21-10-12-4-3-5-14(17)8-12/h3-9,19H,10H2,1-2H3/b18-11+. The zero-order chi connectivity index (χ0) is 15.2. The van der Waals surface area contributed by atoms with Crippen LogP contribution in [0.25, 0.3) is 0 Å². The summed E-state index contributed by atoms with van der Waals surface area (Å²) in [6.45, 7) is 1.92. The molecule has 0 aromatic heterocycles. The summed E-state index contributed by atoms with van der Waals surface area (Å²) in [7, 11) is 1.53. The van der Waals surface area contributed by atoms with E-state index in [9.17, 15) is 4.39 Å². The molecule has 2 rings (SSSR count). The average molecular weight is 289 g/mol. The Morgan fingerprint density at radius 2 is 2.00 bits per heavy atom. The van der Waals surface area contributed by atoms with Crippen LogP contribution in [0.1, 0.15) is 18.1 Å². The normalized spacial score (nSPS) is 11.3. The number of ether oxygens (including phenoxy) is 2. The van der Waals surface area contributed by atoms with Crippen molar-refractivity contribution in [3.8, 4) is 11.5 Å². The van der Waals surface area contributed by atoms with Gasteiger partial charge in [-0.3, -0.25) is 0 Å². The zero-order valence-electron chi connectivity index (χ0n) is 11.8. The molecule has 0 atom stereocenters. The van der Waals surface area contributed by atoms with E-state index >= 15 is 0 Å². The Balaban J connectivity index is 2.16. The fraction of sp³-hybridized carbons (Fsp3) is 0.188. The van der Waals surface area contributed by atoms with Gasteiger partial charge in [-0.05, 0) is 42.8 Å². The second-order valence-corrected chi connectivity index (χ2v) is 4.47. The summed E-state index contributed by atoms with van der Waals surface area (Å²) in [5.41, 5.74) is 1.94. The third kappa shape index (κ3) is 3.72. The Hall–Kier alpha value is -2.56. The third-order valence-electron chi connectivity index (χ3n) is 3.01. The molecule has 0 radical (unpaired) electrons. The number of halogens is 1. The smallest absolute Gasteiger partial charge is 0.161 e. The second kappa shape index (κ2) is 6.74. The highest BCUT2D eigenvalue weighted by Crippen LogP contribution is 2.29. The molecule has 0 fully saturated rings. The predicted molar refractivity (Wildman–Crippen MR) is 77.7 cm³/mol. The molecule has 0 aliphatic carbocycles. The lowest BCUT2D eigenvalue weighted by Crippen LogP contribution is -2.00. The molecule has 21 heavy (non-hydrogen) atoms. The number of methoxy groups -OCH3 is 1. The Morgan fingerprint density at radius 1 is 1.19 bits per heavy atom. The minimum Gasteiger partial charge on any atom is -0.493 e. The molecule has 4 nitrogen and oxygen atoms in total. The van der Waals surface area contributed by atoms with E-state index in [0.717, 1.165) is 11.1 Å². The predicted octanol–water partition coefficient (Wildman–Crippen LogP) is 3.61. The quantitative estimate of drug-likeness (QED) is 0.519. The van der Waals surface area contributed by atoms with E-state index in [2.05, 4.69) is 5.16 Å². The van der Waals surface area contributed by atoms with Gasteiger partial charge in [0.15, 0.2) is 11.5 Å². The molecule has 0 aliphatic heterocycles. The summed E-state index contributed by atoms with van der Waals surface area (Å²) in [4.78, 5) is 0. The van der Waals surface area contributed by atoms with E-state index in [0.29, 0.717) is 17.2 Å². The molecule has 2 aromatic carbocycles. The molecule has 0 aliphatic rings. The van der Waals surface area contributed by atoms with Crippen molar-refractivity contribution < 1.29 is 19.1 Å². The second-order valence-electron chi connectivity index (χ2n) is 4.47. The molecule has 110 valence electrons. The van der Waals surface area contributed by atoms with Crippen molar-refractivity contribution in [2.75, 3.05) is 7.11 Å². The van der Waals surface area contributed by atoms with Crippen LogP contribution in [0.3, 0.4) is 0 Å². The van der Waals surface area contributed by atoms with Crippen molar-refractivity contribution in [3.05, 3.63) is 59.4 Å². The van der Waals surface area contributed by atoms with Gasteiger partial charge < -0.3 is 14.7 Å². The van der Waals surface area contributed by atoms with E-state index < -0.39 is 0 Å². The van der Waals surface area contributed by atoms with E-state index in [1.807, 2.05) is 0 Å². The molecule has 0 bridgehead atoms. The number of hydrogen-bond acceptors (Lipinski definition) is 4. The molecule has 0 heterocycles. The van der Waals surface area contributed by atoms with Gasteiger partial charge in [0, 0.05) is 5.56 Å². The Labute approximate surface area is 122 Å². The van der Waals surface area contributed by atoms with Gasteiger partial charge in [-0.15, -0.1) is 0 Å². The summed E-state index contributed by atoms with van der Waals surface area (Å²) >= 11 is 0. The molecule has 5 heteroatoms. The number of rotatable bonds is 5. The van der Waals surface area contributed by atoms with E-state index in [-0.39, 0.29) is 12.4 Å². The van der Waals surface area contributed by atoms with Gasteiger partial charge in [0.1, 0.15) is 12.4 Å². The maximum Gasteiger partial charge on any atom is 0.161 e. The molecule has 0 saturated heterocycles. The first-order valence-electron chi connectivity index (χ1n) is 6.38. The first kappa shape index (κ1) is 14.8.